The second-order valence-corrected chi connectivity index (χ2v) is 8.95. The summed E-state index contributed by atoms with van der Waals surface area (Å²) in [5.41, 5.74) is 2.63. The number of aryl methyl sites for hydroxylation is 2. The molecule has 0 bridgehead atoms. The highest BCUT2D eigenvalue weighted by Gasteiger charge is 2.36. The van der Waals surface area contributed by atoms with Gasteiger partial charge in [0.2, 0.25) is 10.0 Å². The molecule has 2 aromatic rings. The molecule has 5 nitrogen and oxygen atoms in total. The third-order valence-corrected chi connectivity index (χ3v) is 6.93. The summed E-state index contributed by atoms with van der Waals surface area (Å²) in [5.74, 6) is 0.789. The van der Waals surface area contributed by atoms with Crippen molar-refractivity contribution in [2.45, 2.75) is 37.0 Å². The highest BCUT2D eigenvalue weighted by Crippen LogP contribution is 2.35. The summed E-state index contributed by atoms with van der Waals surface area (Å²) < 4.78 is 39.5. The Morgan fingerprint density at radius 3 is 2.33 bits per heavy atom. The van der Waals surface area contributed by atoms with Crippen LogP contribution in [0.1, 0.15) is 29.5 Å². The van der Waals surface area contributed by atoms with Crippen LogP contribution < -0.4 is 9.46 Å². The van der Waals surface area contributed by atoms with E-state index in [2.05, 4.69) is 4.72 Å². The molecule has 146 valence electrons. The first-order chi connectivity index (χ1) is 12.9. The Morgan fingerprint density at radius 2 is 1.74 bits per heavy atom. The van der Waals surface area contributed by atoms with Gasteiger partial charge in [-0.15, -0.1) is 0 Å². The standard InChI is InChI=1S/C21H27NO4S/c1-16-4-9-20(17(2)14-16)27(23,24)22-15-21(10-12-26-13-11-21)18-5-7-19(25-3)8-6-18/h4-9,14,22H,10-13,15H2,1-3H3. The van der Waals surface area contributed by atoms with Crippen LogP contribution in [0.4, 0.5) is 0 Å². The van der Waals surface area contributed by atoms with E-state index in [1.54, 1.807) is 13.2 Å². The summed E-state index contributed by atoms with van der Waals surface area (Å²) in [6.45, 7) is 5.37. The van der Waals surface area contributed by atoms with Crippen molar-refractivity contribution in [3.05, 3.63) is 59.2 Å². The van der Waals surface area contributed by atoms with Crippen LogP contribution in [-0.2, 0) is 20.2 Å². The summed E-state index contributed by atoms with van der Waals surface area (Å²) in [5, 5.41) is 0. The normalized spacial score (nSPS) is 16.9. The molecule has 3 rings (SSSR count). The van der Waals surface area contributed by atoms with E-state index in [1.807, 2.05) is 50.2 Å². The molecule has 0 unspecified atom stereocenters. The maximum atomic E-state index is 12.9. The number of hydrogen-bond acceptors (Lipinski definition) is 4. The molecule has 1 fully saturated rings. The Kier molecular flexibility index (Phi) is 5.89. The third kappa shape index (κ3) is 4.34. The lowest BCUT2D eigenvalue weighted by atomic mass is 9.74. The fourth-order valence-corrected chi connectivity index (χ4v) is 5.04. The van der Waals surface area contributed by atoms with Crippen molar-refractivity contribution in [3.63, 3.8) is 0 Å². The first-order valence-electron chi connectivity index (χ1n) is 9.15. The molecule has 1 N–H and O–H groups in total. The Labute approximate surface area is 161 Å². The molecule has 0 spiro atoms. The topological polar surface area (TPSA) is 64.6 Å². The van der Waals surface area contributed by atoms with E-state index >= 15 is 0 Å². The van der Waals surface area contributed by atoms with Crippen molar-refractivity contribution < 1.29 is 17.9 Å². The van der Waals surface area contributed by atoms with E-state index in [-0.39, 0.29) is 5.41 Å². The minimum atomic E-state index is -3.58. The Balaban J connectivity index is 1.86. The van der Waals surface area contributed by atoms with E-state index in [1.165, 1.54) is 0 Å². The zero-order chi connectivity index (χ0) is 19.5. The van der Waals surface area contributed by atoms with Gasteiger partial charge in [0.05, 0.1) is 12.0 Å². The number of benzene rings is 2. The molecular formula is C21H27NO4S. The maximum Gasteiger partial charge on any atom is 0.240 e. The van der Waals surface area contributed by atoms with Crippen LogP contribution in [0.5, 0.6) is 5.75 Å². The van der Waals surface area contributed by atoms with E-state index in [0.29, 0.717) is 24.7 Å². The molecule has 1 heterocycles. The average Bonchev–Trinajstić information content (AvgIpc) is 2.67. The second-order valence-electron chi connectivity index (χ2n) is 7.21. The van der Waals surface area contributed by atoms with Crippen LogP contribution >= 0.6 is 0 Å². The lowest BCUT2D eigenvalue weighted by Crippen LogP contribution is -2.44. The van der Waals surface area contributed by atoms with Crippen LogP contribution in [0.2, 0.25) is 0 Å². The van der Waals surface area contributed by atoms with Gasteiger partial charge in [-0.2, -0.15) is 0 Å². The van der Waals surface area contributed by atoms with Gasteiger partial charge in [-0.05, 0) is 56.0 Å². The Bertz CT molecular complexity index is 885. The van der Waals surface area contributed by atoms with Gasteiger partial charge in [0.1, 0.15) is 5.75 Å². The first kappa shape index (κ1) is 19.9. The zero-order valence-corrected chi connectivity index (χ0v) is 16.9. The van der Waals surface area contributed by atoms with Gasteiger partial charge in [0.25, 0.3) is 0 Å². The first-order valence-corrected chi connectivity index (χ1v) is 10.6. The van der Waals surface area contributed by atoms with Gasteiger partial charge in [-0.1, -0.05) is 29.8 Å². The monoisotopic (exact) mass is 389 g/mol. The molecule has 2 aromatic carbocycles. The predicted octanol–water partition coefficient (Wildman–Crippen LogP) is 3.34. The zero-order valence-electron chi connectivity index (χ0n) is 16.1. The quantitative estimate of drug-likeness (QED) is 0.823. The molecule has 0 radical (unpaired) electrons. The van der Waals surface area contributed by atoms with E-state index in [0.717, 1.165) is 35.3 Å². The molecule has 1 saturated heterocycles. The molecule has 0 amide bonds. The fourth-order valence-electron chi connectivity index (χ4n) is 3.69. The highest BCUT2D eigenvalue weighted by molar-refractivity contribution is 7.89. The SMILES string of the molecule is COc1ccc(C2(CNS(=O)(=O)c3ccc(C)cc3C)CCOCC2)cc1. The molecule has 0 aliphatic carbocycles. The smallest absolute Gasteiger partial charge is 0.240 e. The summed E-state index contributed by atoms with van der Waals surface area (Å²) in [6, 6.07) is 13.3. The van der Waals surface area contributed by atoms with Gasteiger partial charge in [0.15, 0.2) is 0 Å². The Hall–Kier alpha value is -1.89. The minimum Gasteiger partial charge on any atom is -0.497 e. The largest absolute Gasteiger partial charge is 0.497 e. The van der Waals surface area contributed by atoms with Gasteiger partial charge in [-0.3, -0.25) is 0 Å². The summed E-state index contributed by atoms with van der Waals surface area (Å²) >= 11 is 0. The lowest BCUT2D eigenvalue weighted by molar-refractivity contribution is 0.0517. The van der Waals surface area contributed by atoms with Crippen molar-refractivity contribution >= 4 is 10.0 Å². The molecule has 27 heavy (non-hydrogen) atoms. The van der Waals surface area contributed by atoms with Gasteiger partial charge in [0, 0.05) is 25.2 Å². The molecule has 0 saturated carbocycles. The maximum absolute atomic E-state index is 12.9. The summed E-state index contributed by atoms with van der Waals surface area (Å²) in [6.07, 6.45) is 1.55. The number of methoxy groups -OCH3 is 1. The molecule has 0 aromatic heterocycles. The number of nitrogens with one attached hydrogen (secondary N) is 1. The van der Waals surface area contributed by atoms with Gasteiger partial charge < -0.3 is 9.47 Å². The molecular weight excluding hydrogens is 362 g/mol. The summed E-state index contributed by atoms with van der Waals surface area (Å²) in [7, 11) is -1.95. The summed E-state index contributed by atoms with van der Waals surface area (Å²) in [4.78, 5) is 0.338. The molecule has 1 aliphatic heterocycles. The predicted molar refractivity (Wildman–Crippen MR) is 106 cm³/mol. The third-order valence-electron chi connectivity index (χ3n) is 5.37. The van der Waals surface area contributed by atoms with E-state index < -0.39 is 10.0 Å². The number of hydrogen-bond donors (Lipinski definition) is 1. The lowest BCUT2D eigenvalue weighted by Gasteiger charge is -2.38. The van der Waals surface area contributed by atoms with Gasteiger partial charge >= 0.3 is 0 Å². The van der Waals surface area contributed by atoms with Crippen molar-refractivity contribution in [1.29, 1.82) is 0 Å². The van der Waals surface area contributed by atoms with E-state index in [4.69, 9.17) is 9.47 Å². The average molecular weight is 390 g/mol. The van der Waals surface area contributed by atoms with Crippen molar-refractivity contribution in [1.82, 2.24) is 4.72 Å². The molecule has 1 aliphatic rings. The highest BCUT2D eigenvalue weighted by atomic mass is 32.2. The van der Waals surface area contributed by atoms with Crippen LogP contribution in [0.25, 0.3) is 0 Å². The van der Waals surface area contributed by atoms with Crippen molar-refractivity contribution in [2.24, 2.45) is 0 Å². The number of rotatable bonds is 6. The number of sulfonamides is 1. The van der Waals surface area contributed by atoms with Crippen LogP contribution in [0.15, 0.2) is 47.4 Å². The van der Waals surface area contributed by atoms with Crippen molar-refractivity contribution in [2.75, 3.05) is 26.9 Å². The van der Waals surface area contributed by atoms with Crippen LogP contribution in [0, 0.1) is 13.8 Å². The molecule has 0 atom stereocenters. The van der Waals surface area contributed by atoms with Crippen LogP contribution in [-0.4, -0.2) is 35.3 Å². The minimum absolute atomic E-state index is 0.282. The molecule has 6 heteroatoms. The fraction of sp³-hybridized carbons (Fsp3) is 0.429. The van der Waals surface area contributed by atoms with E-state index in [9.17, 15) is 8.42 Å². The van der Waals surface area contributed by atoms with Crippen molar-refractivity contribution in [3.8, 4) is 5.75 Å². The Morgan fingerprint density at radius 1 is 1.07 bits per heavy atom. The number of ether oxygens (including phenoxy) is 2. The van der Waals surface area contributed by atoms with Gasteiger partial charge in [-0.25, -0.2) is 13.1 Å². The van der Waals surface area contributed by atoms with Crippen LogP contribution in [0.3, 0.4) is 0 Å². The second kappa shape index (κ2) is 8.00.